The van der Waals surface area contributed by atoms with Crippen LogP contribution < -0.4 is 0 Å². The number of hydrogen-bond donors (Lipinski definition) is 1. The highest BCUT2D eigenvalue weighted by molar-refractivity contribution is 7.17. The second-order valence-corrected chi connectivity index (χ2v) is 4.45. The maximum atomic E-state index is 11.5. The van der Waals surface area contributed by atoms with Crippen LogP contribution in [0, 0.1) is 0 Å². The summed E-state index contributed by atoms with van der Waals surface area (Å²) in [4.78, 5) is 15.9. The average molecular weight is 236 g/mol. The second kappa shape index (κ2) is 4.09. The molecular formula is C11H12N2O2S. The fourth-order valence-electron chi connectivity index (χ4n) is 1.45. The Labute approximate surface area is 97.2 Å². The van der Waals surface area contributed by atoms with Gasteiger partial charge in [-0.05, 0) is 12.1 Å². The number of ketones is 1. The lowest BCUT2D eigenvalue weighted by Gasteiger charge is -1.96. The Morgan fingerprint density at radius 1 is 1.62 bits per heavy atom. The van der Waals surface area contributed by atoms with Crippen molar-refractivity contribution in [3.05, 3.63) is 23.2 Å². The van der Waals surface area contributed by atoms with Gasteiger partial charge >= 0.3 is 0 Å². The molecule has 0 saturated carbocycles. The van der Waals surface area contributed by atoms with Crippen LogP contribution in [0.1, 0.15) is 23.0 Å². The molecule has 0 radical (unpaired) electrons. The van der Waals surface area contributed by atoms with Crippen LogP contribution in [0.2, 0.25) is 0 Å². The molecule has 84 valence electrons. The van der Waals surface area contributed by atoms with E-state index in [1.165, 1.54) is 11.3 Å². The summed E-state index contributed by atoms with van der Waals surface area (Å²) in [6.45, 7) is 1.77. The summed E-state index contributed by atoms with van der Waals surface area (Å²) < 4.78 is 1.90. The normalized spacial score (nSPS) is 10.6. The van der Waals surface area contributed by atoms with Gasteiger partial charge in [0.2, 0.25) is 5.88 Å². The molecular weight excluding hydrogens is 224 g/mol. The fraction of sp³-hybridized carbons (Fsp3) is 0.273. The van der Waals surface area contributed by atoms with E-state index in [0.717, 1.165) is 5.69 Å². The average Bonchev–Trinajstić information content (AvgIpc) is 2.83. The number of thiazole rings is 1. The van der Waals surface area contributed by atoms with Crippen LogP contribution in [0.15, 0.2) is 18.3 Å². The minimum atomic E-state index is -0.159. The molecule has 0 unspecified atom stereocenters. The molecule has 2 rings (SSSR count). The second-order valence-electron chi connectivity index (χ2n) is 3.45. The third-order valence-corrected chi connectivity index (χ3v) is 3.45. The summed E-state index contributed by atoms with van der Waals surface area (Å²) >= 11 is 1.23. The molecule has 0 saturated heterocycles. The van der Waals surface area contributed by atoms with Crippen molar-refractivity contribution in [3.63, 3.8) is 0 Å². The number of Topliss-reactive ketones (excluding diaryl/α,β-unsaturated/α-hetero) is 1. The van der Waals surface area contributed by atoms with Crippen molar-refractivity contribution in [3.8, 4) is 16.6 Å². The van der Waals surface area contributed by atoms with Gasteiger partial charge in [0.15, 0.2) is 5.78 Å². The number of hydrogen-bond acceptors (Lipinski definition) is 4. The molecule has 0 atom stereocenters. The largest absolute Gasteiger partial charge is 0.492 e. The van der Waals surface area contributed by atoms with Crippen LogP contribution in [-0.4, -0.2) is 20.4 Å². The van der Waals surface area contributed by atoms with Crippen molar-refractivity contribution in [2.45, 2.75) is 13.3 Å². The van der Waals surface area contributed by atoms with Crippen LogP contribution in [-0.2, 0) is 7.05 Å². The van der Waals surface area contributed by atoms with E-state index in [0.29, 0.717) is 16.3 Å². The molecule has 2 aromatic rings. The summed E-state index contributed by atoms with van der Waals surface area (Å²) in [6.07, 6.45) is 2.28. The molecule has 0 amide bonds. The molecule has 0 spiro atoms. The lowest BCUT2D eigenvalue weighted by atomic mass is 10.3. The van der Waals surface area contributed by atoms with E-state index in [1.54, 1.807) is 6.92 Å². The first-order valence-corrected chi connectivity index (χ1v) is 5.79. The van der Waals surface area contributed by atoms with Gasteiger partial charge in [-0.3, -0.25) is 4.79 Å². The first kappa shape index (κ1) is 10.9. The molecule has 0 bridgehead atoms. The summed E-state index contributed by atoms with van der Waals surface area (Å²) in [5.74, 6) is -0.233. The first-order chi connectivity index (χ1) is 7.63. The smallest absolute Gasteiger partial charge is 0.233 e. The molecule has 4 nitrogen and oxygen atoms in total. The van der Waals surface area contributed by atoms with Gasteiger partial charge in [-0.15, -0.1) is 11.3 Å². The Bertz CT molecular complexity index is 528. The molecule has 0 aromatic carbocycles. The Hall–Kier alpha value is -1.62. The van der Waals surface area contributed by atoms with Gasteiger partial charge < -0.3 is 9.67 Å². The molecule has 2 heterocycles. The predicted molar refractivity (Wildman–Crippen MR) is 62.8 cm³/mol. The summed E-state index contributed by atoms with van der Waals surface area (Å²) in [5, 5.41) is 10.3. The van der Waals surface area contributed by atoms with Gasteiger partial charge in [-0.25, -0.2) is 0 Å². The molecule has 0 aliphatic heterocycles. The van der Waals surface area contributed by atoms with E-state index >= 15 is 0 Å². The van der Waals surface area contributed by atoms with E-state index in [1.807, 2.05) is 29.9 Å². The van der Waals surface area contributed by atoms with Crippen LogP contribution in [0.25, 0.3) is 10.7 Å². The third-order valence-electron chi connectivity index (χ3n) is 2.35. The predicted octanol–water partition coefficient (Wildman–Crippen LogP) is 2.45. The first-order valence-electron chi connectivity index (χ1n) is 4.98. The van der Waals surface area contributed by atoms with E-state index in [2.05, 4.69) is 4.98 Å². The highest BCUT2D eigenvalue weighted by Crippen LogP contribution is 2.32. The van der Waals surface area contributed by atoms with Crippen LogP contribution in [0.4, 0.5) is 0 Å². The quantitative estimate of drug-likeness (QED) is 0.833. The van der Waals surface area contributed by atoms with Crippen molar-refractivity contribution in [2.75, 3.05) is 0 Å². The van der Waals surface area contributed by atoms with Gasteiger partial charge in [-0.1, -0.05) is 6.92 Å². The number of rotatable bonds is 3. The van der Waals surface area contributed by atoms with Crippen molar-refractivity contribution in [2.24, 2.45) is 7.05 Å². The highest BCUT2D eigenvalue weighted by Gasteiger charge is 2.17. The number of carbonyl (C=O) groups excluding carboxylic acids is 1. The monoisotopic (exact) mass is 236 g/mol. The minimum absolute atomic E-state index is 0.0736. The molecule has 5 heteroatoms. The van der Waals surface area contributed by atoms with E-state index in [-0.39, 0.29) is 11.7 Å². The van der Waals surface area contributed by atoms with Crippen LogP contribution >= 0.6 is 11.3 Å². The molecule has 1 N–H and O–H groups in total. The number of aromatic hydroxyl groups is 1. The van der Waals surface area contributed by atoms with Crippen molar-refractivity contribution < 1.29 is 9.90 Å². The number of aryl methyl sites for hydroxylation is 1. The summed E-state index contributed by atoms with van der Waals surface area (Å²) in [5.41, 5.74) is 0.899. The van der Waals surface area contributed by atoms with Crippen molar-refractivity contribution in [1.82, 2.24) is 9.55 Å². The maximum absolute atomic E-state index is 11.5. The Morgan fingerprint density at radius 2 is 2.38 bits per heavy atom. The highest BCUT2D eigenvalue weighted by atomic mass is 32.1. The van der Waals surface area contributed by atoms with Gasteiger partial charge in [0.25, 0.3) is 0 Å². The SMILES string of the molecule is CCC(=O)c1sc(-c2cccn2C)nc1O. The fourth-order valence-corrected chi connectivity index (χ4v) is 2.48. The van der Waals surface area contributed by atoms with Gasteiger partial charge in [0.05, 0.1) is 5.69 Å². The van der Waals surface area contributed by atoms with Crippen LogP contribution in [0.3, 0.4) is 0 Å². The zero-order valence-electron chi connectivity index (χ0n) is 9.10. The minimum Gasteiger partial charge on any atom is -0.492 e. The van der Waals surface area contributed by atoms with Gasteiger partial charge in [0.1, 0.15) is 9.88 Å². The Kier molecular flexibility index (Phi) is 2.78. The lowest BCUT2D eigenvalue weighted by Crippen LogP contribution is -1.92. The molecule has 0 aliphatic rings. The molecule has 2 aromatic heterocycles. The van der Waals surface area contributed by atoms with E-state index in [4.69, 9.17) is 0 Å². The maximum Gasteiger partial charge on any atom is 0.233 e. The Balaban J connectivity index is 2.46. The zero-order chi connectivity index (χ0) is 11.7. The van der Waals surface area contributed by atoms with Crippen molar-refractivity contribution >= 4 is 17.1 Å². The lowest BCUT2D eigenvalue weighted by molar-refractivity contribution is 0.0989. The molecule has 0 aliphatic carbocycles. The number of carbonyl (C=O) groups is 1. The van der Waals surface area contributed by atoms with Gasteiger partial charge in [-0.2, -0.15) is 4.98 Å². The number of aromatic nitrogens is 2. The summed E-state index contributed by atoms with van der Waals surface area (Å²) in [7, 11) is 1.90. The molecule has 0 fully saturated rings. The zero-order valence-corrected chi connectivity index (χ0v) is 9.91. The van der Waals surface area contributed by atoms with E-state index in [9.17, 15) is 9.90 Å². The topological polar surface area (TPSA) is 55.1 Å². The third kappa shape index (κ3) is 1.74. The Morgan fingerprint density at radius 3 is 2.94 bits per heavy atom. The molecule has 16 heavy (non-hydrogen) atoms. The van der Waals surface area contributed by atoms with E-state index < -0.39 is 0 Å². The van der Waals surface area contributed by atoms with Gasteiger partial charge in [0, 0.05) is 19.7 Å². The number of nitrogens with zero attached hydrogens (tertiary/aromatic N) is 2. The summed E-state index contributed by atoms with van der Waals surface area (Å²) in [6, 6.07) is 3.80. The van der Waals surface area contributed by atoms with Crippen molar-refractivity contribution in [1.29, 1.82) is 0 Å². The van der Waals surface area contributed by atoms with Crippen LogP contribution in [0.5, 0.6) is 5.88 Å². The standard InChI is InChI=1S/C11H12N2O2S/c1-3-8(14)9-10(15)12-11(16-9)7-5-4-6-13(7)2/h4-6,15H,3H2,1-2H3.